The van der Waals surface area contributed by atoms with Crippen molar-refractivity contribution in [2.24, 2.45) is 0 Å². The molecule has 0 bridgehead atoms. The van der Waals surface area contributed by atoms with Crippen molar-refractivity contribution in [3.05, 3.63) is 150 Å². The molecule has 1 amide bonds. The standard InChI is InChI=1S/C41H36N2O8/c44-38(48-25-26-49-39(45)31-19-21-32(22-20-31)42-41(47)51-28-30-13-5-2-6-14-30)24-23-37(40(46)50-27-29-11-3-1-4-12-29)43-35-17-9-7-15-33(35)34-16-8-10-18-36(34)43/h1-22,37H,23-28H2,(H,42,47)/t37-/m0/s1. The molecule has 1 aromatic heterocycles. The Labute approximate surface area is 294 Å². The third-order valence-corrected chi connectivity index (χ3v) is 8.21. The van der Waals surface area contributed by atoms with Crippen molar-refractivity contribution < 1.29 is 38.1 Å². The van der Waals surface area contributed by atoms with E-state index in [0.29, 0.717) is 5.69 Å². The number of hydrogen-bond acceptors (Lipinski definition) is 8. The number of para-hydroxylation sites is 2. The van der Waals surface area contributed by atoms with Crippen LogP contribution in [0.2, 0.25) is 0 Å². The molecule has 0 spiro atoms. The number of anilines is 1. The lowest BCUT2D eigenvalue weighted by molar-refractivity contribution is -0.150. The molecule has 1 atom stereocenters. The summed E-state index contributed by atoms with van der Waals surface area (Å²) in [4.78, 5) is 51.2. The molecule has 0 unspecified atom stereocenters. The first-order valence-electron chi connectivity index (χ1n) is 16.5. The minimum absolute atomic E-state index is 0.0673. The highest BCUT2D eigenvalue weighted by Gasteiger charge is 2.27. The first-order chi connectivity index (χ1) is 25.0. The topological polar surface area (TPSA) is 122 Å². The molecule has 0 saturated heterocycles. The van der Waals surface area contributed by atoms with Gasteiger partial charge in [0.1, 0.15) is 32.5 Å². The molecule has 0 fully saturated rings. The Morgan fingerprint density at radius 3 is 1.71 bits per heavy atom. The summed E-state index contributed by atoms with van der Waals surface area (Å²) in [6.45, 7) is -0.0868. The average Bonchev–Trinajstić information content (AvgIpc) is 3.50. The number of hydrogen-bond donors (Lipinski definition) is 1. The smallest absolute Gasteiger partial charge is 0.411 e. The molecule has 0 radical (unpaired) electrons. The monoisotopic (exact) mass is 684 g/mol. The highest BCUT2D eigenvalue weighted by molar-refractivity contribution is 6.08. The van der Waals surface area contributed by atoms with E-state index in [-0.39, 0.29) is 44.8 Å². The summed E-state index contributed by atoms with van der Waals surface area (Å²) in [7, 11) is 0. The van der Waals surface area contributed by atoms with Gasteiger partial charge in [-0.25, -0.2) is 14.4 Å². The van der Waals surface area contributed by atoms with Gasteiger partial charge in [-0.3, -0.25) is 10.1 Å². The van der Waals surface area contributed by atoms with Crippen molar-refractivity contribution in [3.63, 3.8) is 0 Å². The number of nitrogens with zero attached hydrogens (tertiary/aromatic N) is 1. The minimum Gasteiger partial charge on any atom is -0.462 e. The Kier molecular flexibility index (Phi) is 11.3. The lowest BCUT2D eigenvalue weighted by Gasteiger charge is -2.20. The molecule has 6 rings (SSSR count). The normalized spacial score (nSPS) is 11.5. The minimum atomic E-state index is -0.799. The van der Waals surface area contributed by atoms with Gasteiger partial charge in [-0.15, -0.1) is 0 Å². The Morgan fingerprint density at radius 2 is 1.10 bits per heavy atom. The first kappa shape index (κ1) is 34.4. The van der Waals surface area contributed by atoms with E-state index in [1.165, 1.54) is 12.1 Å². The molecule has 0 aliphatic carbocycles. The quantitative estimate of drug-likeness (QED) is 0.0696. The van der Waals surface area contributed by atoms with Gasteiger partial charge in [0.15, 0.2) is 0 Å². The van der Waals surface area contributed by atoms with E-state index in [9.17, 15) is 19.2 Å². The van der Waals surface area contributed by atoms with Crippen molar-refractivity contribution in [3.8, 4) is 0 Å². The van der Waals surface area contributed by atoms with Crippen LogP contribution in [0.4, 0.5) is 10.5 Å². The zero-order valence-electron chi connectivity index (χ0n) is 27.7. The van der Waals surface area contributed by atoms with Gasteiger partial charge >= 0.3 is 24.0 Å². The molecule has 0 aliphatic rings. The number of carbonyl (C=O) groups excluding carboxylic acids is 4. The van der Waals surface area contributed by atoms with Crippen LogP contribution in [0.1, 0.15) is 40.4 Å². The second-order valence-electron chi connectivity index (χ2n) is 11.7. The van der Waals surface area contributed by atoms with Crippen molar-refractivity contribution >= 4 is 51.5 Å². The van der Waals surface area contributed by atoms with Gasteiger partial charge < -0.3 is 23.5 Å². The fourth-order valence-corrected chi connectivity index (χ4v) is 5.73. The Hall–Kier alpha value is -6.42. The molecular weight excluding hydrogens is 648 g/mol. The van der Waals surface area contributed by atoms with E-state index in [1.807, 2.05) is 114 Å². The highest BCUT2D eigenvalue weighted by Crippen LogP contribution is 2.34. The van der Waals surface area contributed by atoms with Crippen molar-refractivity contribution in [2.75, 3.05) is 18.5 Å². The number of rotatable bonds is 14. The number of esters is 3. The summed E-state index contributed by atoms with van der Waals surface area (Å²) < 4.78 is 23.5. The maximum Gasteiger partial charge on any atom is 0.411 e. The lowest BCUT2D eigenvalue weighted by atomic mass is 10.1. The molecule has 5 aromatic carbocycles. The van der Waals surface area contributed by atoms with Gasteiger partial charge in [0.25, 0.3) is 0 Å². The lowest BCUT2D eigenvalue weighted by Crippen LogP contribution is -2.23. The molecule has 0 aliphatic heterocycles. The number of benzene rings is 5. The van der Waals surface area contributed by atoms with Crippen LogP contribution in [-0.4, -0.2) is 41.8 Å². The van der Waals surface area contributed by atoms with Gasteiger partial charge in [-0.2, -0.15) is 0 Å². The van der Waals surface area contributed by atoms with Crippen LogP contribution >= 0.6 is 0 Å². The third-order valence-electron chi connectivity index (χ3n) is 8.21. The fourth-order valence-electron chi connectivity index (χ4n) is 5.73. The molecule has 0 saturated carbocycles. The summed E-state index contributed by atoms with van der Waals surface area (Å²) >= 11 is 0. The third kappa shape index (κ3) is 8.98. The number of fused-ring (bicyclic) bond motifs is 3. The van der Waals surface area contributed by atoms with E-state index < -0.39 is 30.0 Å². The summed E-state index contributed by atoms with van der Waals surface area (Å²) in [5.74, 6) is -1.61. The molecule has 6 aromatic rings. The van der Waals surface area contributed by atoms with Crippen LogP contribution < -0.4 is 5.32 Å². The SMILES string of the molecule is O=C(CC[C@@H](C(=O)OCc1ccccc1)n1c2ccccc2c2ccccc21)OCCOC(=O)c1ccc(NC(=O)OCc2ccccc2)cc1. The summed E-state index contributed by atoms with van der Waals surface area (Å²) in [6.07, 6.45) is -0.557. The van der Waals surface area contributed by atoms with Crippen LogP contribution in [0.15, 0.2) is 133 Å². The zero-order chi connectivity index (χ0) is 35.4. The van der Waals surface area contributed by atoms with E-state index in [2.05, 4.69) is 5.32 Å². The Bertz CT molecular complexity index is 2060. The van der Waals surface area contributed by atoms with Crippen LogP contribution in [0, 0.1) is 0 Å². The summed E-state index contributed by atoms with van der Waals surface area (Å²) in [5.41, 5.74) is 4.13. The van der Waals surface area contributed by atoms with Crippen LogP contribution in [0.3, 0.4) is 0 Å². The maximum absolute atomic E-state index is 13.7. The number of amides is 1. The van der Waals surface area contributed by atoms with Crippen LogP contribution in [0.5, 0.6) is 0 Å². The molecular formula is C41H36N2O8. The Balaban J connectivity index is 1.01. The van der Waals surface area contributed by atoms with Crippen molar-refractivity contribution in [2.45, 2.75) is 32.1 Å². The van der Waals surface area contributed by atoms with Gasteiger partial charge in [-0.05, 0) is 53.9 Å². The van der Waals surface area contributed by atoms with Crippen molar-refractivity contribution in [1.82, 2.24) is 4.57 Å². The molecule has 10 heteroatoms. The van der Waals surface area contributed by atoms with Crippen LogP contribution in [-0.2, 0) is 41.8 Å². The Morgan fingerprint density at radius 1 is 0.569 bits per heavy atom. The van der Waals surface area contributed by atoms with Gasteiger partial charge in [0.2, 0.25) is 0 Å². The average molecular weight is 685 g/mol. The number of nitrogens with one attached hydrogen (secondary N) is 1. The highest BCUT2D eigenvalue weighted by atomic mass is 16.6. The van der Waals surface area contributed by atoms with Crippen LogP contribution in [0.25, 0.3) is 21.8 Å². The van der Waals surface area contributed by atoms with E-state index >= 15 is 0 Å². The maximum atomic E-state index is 13.7. The first-order valence-corrected chi connectivity index (χ1v) is 16.5. The van der Waals surface area contributed by atoms with E-state index in [1.54, 1.807) is 12.1 Å². The molecule has 1 heterocycles. The van der Waals surface area contributed by atoms with Crippen molar-refractivity contribution in [1.29, 1.82) is 0 Å². The number of aromatic nitrogens is 1. The fraction of sp³-hybridized carbons (Fsp3) is 0.171. The van der Waals surface area contributed by atoms with Gasteiger partial charge in [-0.1, -0.05) is 97.1 Å². The van der Waals surface area contributed by atoms with Gasteiger partial charge in [0, 0.05) is 33.9 Å². The zero-order valence-corrected chi connectivity index (χ0v) is 27.7. The number of carbonyl (C=O) groups is 4. The second kappa shape index (κ2) is 16.8. The predicted molar refractivity (Wildman–Crippen MR) is 192 cm³/mol. The number of ether oxygens (including phenoxy) is 4. The van der Waals surface area contributed by atoms with E-state index in [0.717, 1.165) is 32.9 Å². The molecule has 1 N–H and O–H groups in total. The van der Waals surface area contributed by atoms with Gasteiger partial charge in [0.05, 0.1) is 5.56 Å². The molecule has 51 heavy (non-hydrogen) atoms. The summed E-state index contributed by atoms with van der Waals surface area (Å²) in [5, 5.41) is 4.59. The molecule has 258 valence electrons. The molecule has 10 nitrogen and oxygen atoms in total. The second-order valence-corrected chi connectivity index (χ2v) is 11.7. The summed E-state index contributed by atoms with van der Waals surface area (Å²) in [6, 6.07) is 39.7. The largest absolute Gasteiger partial charge is 0.462 e. The van der Waals surface area contributed by atoms with E-state index in [4.69, 9.17) is 18.9 Å². The predicted octanol–water partition coefficient (Wildman–Crippen LogP) is 8.01.